The van der Waals surface area contributed by atoms with Crippen molar-refractivity contribution in [1.29, 1.82) is 0 Å². The predicted molar refractivity (Wildman–Crippen MR) is 76.4 cm³/mol. The summed E-state index contributed by atoms with van der Waals surface area (Å²) in [7, 11) is 1.35. The summed E-state index contributed by atoms with van der Waals surface area (Å²) in [6, 6.07) is 0.244. The van der Waals surface area contributed by atoms with Gasteiger partial charge in [0.25, 0.3) is 0 Å². The Labute approximate surface area is 121 Å². The Morgan fingerprint density at radius 1 is 1.47 bits per heavy atom. The van der Waals surface area contributed by atoms with Crippen molar-refractivity contribution in [1.82, 2.24) is 10.6 Å². The van der Waals surface area contributed by atoms with Crippen molar-refractivity contribution in [2.75, 3.05) is 13.7 Å². The predicted octanol–water partition coefficient (Wildman–Crippen LogP) is 1.40. The van der Waals surface area contributed by atoms with Crippen molar-refractivity contribution >= 4 is 24.3 Å². The van der Waals surface area contributed by atoms with Gasteiger partial charge in [0.2, 0.25) is 5.91 Å². The third-order valence-corrected chi connectivity index (χ3v) is 3.40. The van der Waals surface area contributed by atoms with Crippen molar-refractivity contribution in [2.24, 2.45) is 0 Å². The number of nitrogens with one attached hydrogen (secondary N) is 2. The maximum Gasteiger partial charge on any atom is 0.331 e. The number of rotatable bonds is 6. The highest BCUT2D eigenvalue weighted by molar-refractivity contribution is 5.87. The van der Waals surface area contributed by atoms with Gasteiger partial charge >= 0.3 is 5.97 Å². The highest BCUT2D eigenvalue weighted by atomic mass is 35.5. The average molecular weight is 293 g/mol. The number of methoxy groups -OCH3 is 1. The number of hydrogen-bond acceptors (Lipinski definition) is 4. The number of halogens is 1. The number of carbonyl (C=O) groups is 2. The molecule has 112 valence electrons. The first-order chi connectivity index (χ1) is 8.51. The van der Waals surface area contributed by atoms with Crippen LogP contribution in [0.25, 0.3) is 0 Å². The van der Waals surface area contributed by atoms with E-state index in [0.29, 0.717) is 12.8 Å². The summed E-state index contributed by atoms with van der Waals surface area (Å²) in [4.78, 5) is 23.7. The zero-order valence-electron chi connectivity index (χ0n) is 12.0. The van der Waals surface area contributed by atoms with Gasteiger partial charge in [-0.2, -0.15) is 0 Å². The van der Waals surface area contributed by atoms with Crippen LogP contribution in [-0.4, -0.2) is 37.1 Å². The minimum atomic E-state index is -0.904. The largest absolute Gasteiger partial charge is 0.467 e. The van der Waals surface area contributed by atoms with Gasteiger partial charge in [-0.15, -0.1) is 12.4 Å². The van der Waals surface area contributed by atoms with Crippen LogP contribution in [0.5, 0.6) is 0 Å². The number of carbonyl (C=O) groups excluding carboxylic acids is 2. The summed E-state index contributed by atoms with van der Waals surface area (Å²) in [5.41, 5.74) is -0.904. The molecule has 2 N–H and O–H groups in total. The summed E-state index contributed by atoms with van der Waals surface area (Å²) >= 11 is 0. The lowest BCUT2D eigenvalue weighted by Crippen LogP contribution is -2.53. The van der Waals surface area contributed by atoms with E-state index in [1.165, 1.54) is 7.11 Å². The van der Waals surface area contributed by atoms with Crippen LogP contribution >= 0.6 is 12.4 Å². The third-order valence-electron chi connectivity index (χ3n) is 3.40. The van der Waals surface area contributed by atoms with Gasteiger partial charge in [0.1, 0.15) is 5.54 Å². The molecule has 1 aliphatic heterocycles. The molecule has 0 radical (unpaired) electrons. The Bertz CT molecular complexity index is 306. The van der Waals surface area contributed by atoms with E-state index in [1.54, 1.807) is 6.92 Å². The normalized spacial score (nSPS) is 21.1. The molecule has 2 atom stereocenters. The second kappa shape index (κ2) is 8.38. The molecule has 1 fully saturated rings. The summed E-state index contributed by atoms with van der Waals surface area (Å²) in [5.74, 6) is -0.465. The molecule has 5 nitrogen and oxygen atoms in total. The second-order valence-corrected chi connectivity index (χ2v) is 5.12. The van der Waals surface area contributed by atoms with Gasteiger partial charge in [0.05, 0.1) is 7.11 Å². The van der Waals surface area contributed by atoms with Crippen LogP contribution in [0.1, 0.15) is 46.0 Å². The highest BCUT2D eigenvalue weighted by Crippen LogP contribution is 2.16. The van der Waals surface area contributed by atoms with Crippen LogP contribution in [0.15, 0.2) is 0 Å². The van der Waals surface area contributed by atoms with Gasteiger partial charge in [-0.1, -0.05) is 13.3 Å². The molecule has 1 heterocycles. The molecule has 2 unspecified atom stereocenters. The maximum absolute atomic E-state index is 12.0. The van der Waals surface area contributed by atoms with Gasteiger partial charge in [-0.05, 0) is 32.7 Å². The van der Waals surface area contributed by atoms with Crippen LogP contribution in [0.2, 0.25) is 0 Å². The fraction of sp³-hybridized carbons (Fsp3) is 0.846. The topological polar surface area (TPSA) is 67.4 Å². The number of esters is 1. The molecule has 0 aromatic rings. The standard InChI is InChI=1S/C13H24N2O3.ClH/c1-4-7-13(2,12(17)18-3)15-11(16)9-10-6-5-8-14-10;/h10,14H,4-9H2,1-3H3,(H,15,16);1H. The molecular weight excluding hydrogens is 268 g/mol. The quantitative estimate of drug-likeness (QED) is 0.726. The van der Waals surface area contributed by atoms with E-state index in [2.05, 4.69) is 10.6 Å². The van der Waals surface area contributed by atoms with E-state index in [0.717, 1.165) is 25.8 Å². The molecule has 6 heteroatoms. The van der Waals surface area contributed by atoms with Crippen molar-refractivity contribution in [2.45, 2.75) is 57.5 Å². The van der Waals surface area contributed by atoms with Gasteiger partial charge in [0.15, 0.2) is 0 Å². The van der Waals surface area contributed by atoms with Crippen molar-refractivity contribution in [3.05, 3.63) is 0 Å². The molecule has 0 aromatic heterocycles. The number of ether oxygens (including phenoxy) is 1. The van der Waals surface area contributed by atoms with E-state index < -0.39 is 5.54 Å². The summed E-state index contributed by atoms with van der Waals surface area (Å²) in [6.07, 6.45) is 3.96. The molecule has 0 bridgehead atoms. The molecule has 19 heavy (non-hydrogen) atoms. The second-order valence-electron chi connectivity index (χ2n) is 5.12. The van der Waals surface area contributed by atoms with Crippen LogP contribution in [0.3, 0.4) is 0 Å². The first-order valence-electron chi connectivity index (χ1n) is 6.64. The van der Waals surface area contributed by atoms with E-state index >= 15 is 0 Å². The molecular formula is C13H25ClN2O3. The molecule has 0 aromatic carbocycles. The lowest BCUT2D eigenvalue weighted by atomic mass is 9.95. The molecule has 0 saturated carbocycles. The Morgan fingerprint density at radius 2 is 2.16 bits per heavy atom. The zero-order valence-corrected chi connectivity index (χ0v) is 12.8. The van der Waals surface area contributed by atoms with E-state index in [9.17, 15) is 9.59 Å². The van der Waals surface area contributed by atoms with Crippen LogP contribution in [-0.2, 0) is 14.3 Å². The van der Waals surface area contributed by atoms with E-state index in [-0.39, 0.29) is 30.3 Å². The smallest absolute Gasteiger partial charge is 0.331 e. The summed E-state index contributed by atoms with van der Waals surface area (Å²) < 4.78 is 4.77. The molecule has 0 spiro atoms. The zero-order chi connectivity index (χ0) is 13.6. The van der Waals surface area contributed by atoms with Crippen LogP contribution in [0, 0.1) is 0 Å². The number of hydrogen-bond donors (Lipinski definition) is 2. The SMILES string of the molecule is CCCC(C)(NC(=O)CC1CCCN1)C(=O)OC.Cl. The first kappa shape index (κ1) is 18.2. The fourth-order valence-corrected chi connectivity index (χ4v) is 2.45. The van der Waals surface area contributed by atoms with Crippen molar-refractivity contribution < 1.29 is 14.3 Å². The van der Waals surface area contributed by atoms with E-state index in [1.807, 2.05) is 6.92 Å². The average Bonchev–Trinajstić information content (AvgIpc) is 2.80. The van der Waals surface area contributed by atoms with Crippen molar-refractivity contribution in [3.8, 4) is 0 Å². The Morgan fingerprint density at radius 3 is 2.63 bits per heavy atom. The van der Waals surface area contributed by atoms with Crippen LogP contribution < -0.4 is 10.6 Å². The summed E-state index contributed by atoms with van der Waals surface area (Å²) in [6.45, 7) is 4.68. The molecule has 1 amide bonds. The van der Waals surface area contributed by atoms with E-state index in [4.69, 9.17) is 4.74 Å². The minimum absolute atomic E-state index is 0. The van der Waals surface area contributed by atoms with Crippen LogP contribution in [0.4, 0.5) is 0 Å². The molecule has 0 aliphatic carbocycles. The maximum atomic E-state index is 12.0. The van der Waals surface area contributed by atoms with Crippen molar-refractivity contribution in [3.63, 3.8) is 0 Å². The monoisotopic (exact) mass is 292 g/mol. The Balaban J connectivity index is 0.00000324. The van der Waals surface area contributed by atoms with Gasteiger partial charge in [-0.25, -0.2) is 4.79 Å². The number of amides is 1. The highest BCUT2D eigenvalue weighted by Gasteiger charge is 2.35. The fourth-order valence-electron chi connectivity index (χ4n) is 2.45. The molecule has 1 rings (SSSR count). The Kier molecular flexibility index (Phi) is 8.02. The van der Waals surface area contributed by atoms with Gasteiger partial charge < -0.3 is 15.4 Å². The van der Waals surface area contributed by atoms with Gasteiger partial charge in [-0.3, -0.25) is 4.79 Å². The molecule has 1 aliphatic rings. The lowest BCUT2D eigenvalue weighted by molar-refractivity contribution is -0.150. The molecule has 1 saturated heterocycles. The first-order valence-corrected chi connectivity index (χ1v) is 6.64. The lowest BCUT2D eigenvalue weighted by Gasteiger charge is -2.28. The minimum Gasteiger partial charge on any atom is -0.467 e. The van der Waals surface area contributed by atoms with Gasteiger partial charge in [0, 0.05) is 12.5 Å². The third kappa shape index (κ3) is 5.37. The summed E-state index contributed by atoms with van der Waals surface area (Å²) in [5, 5.41) is 6.09. The Hall–Kier alpha value is -0.810.